The van der Waals surface area contributed by atoms with Crippen molar-refractivity contribution in [3.8, 4) is 5.75 Å². The molecule has 0 amide bonds. The van der Waals surface area contributed by atoms with Crippen molar-refractivity contribution in [1.29, 1.82) is 0 Å². The normalized spacial score (nSPS) is 23.7. The SMILES string of the molecule is CC(C)(CCCCCc1cccc(C=Cc2cc(OC3CCCCO3)cc(C3CCCCO3)c2)c1)OC1CCCCO1. The molecule has 3 aliphatic rings. The molecule has 3 atom stereocenters. The zero-order chi connectivity index (χ0) is 29.0. The van der Waals surface area contributed by atoms with Gasteiger partial charge in [-0.05, 0) is 125 Å². The highest BCUT2D eigenvalue weighted by Gasteiger charge is 2.25. The lowest BCUT2D eigenvalue weighted by molar-refractivity contribution is -0.217. The highest BCUT2D eigenvalue weighted by atomic mass is 16.7. The van der Waals surface area contributed by atoms with Crippen LogP contribution in [0.1, 0.15) is 126 Å². The summed E-state index contributed by atoms with van der Waals surface area (Å²) in [5, 5.41) is 0. The average Bonchev–Trinajstić information content (AvgIpc) is 3.01. The van der Waals surface area contributed by atoms with Crippen LogP contribution in [0.25, 0.3) is 12.2 Å². The number of aryl methyl sites for hydroxylation is 1. The molecule has 2 aromatic carbocycles. The molecule has 5 nitrogen and oxygen atoms in total. The van der Waals surface area contributed by atoms with Crippen molar-refractivity contribution >= 4 is 12.2 Å². The van der Waals surface area contributed by atoms with E-state index in [9.17, 15) is 0 Å². The van der Waals surface area contributed by atoms with Crippen LogP contribution in [0.2, 0.25) is 0 Å². The first-order valence-electron chi connectivity index (χ1n) is 16.6. The monoisotopic (exact) mass is 576 g/mol. The molecular weight excluding hydrogens is 524 g/mol. The minimum absolute atomic E-state index is 0.0161. The summed E-state index contributed by atoms with van der Waals surface area (Å²) in [6.07, 6.45) is 20.2. The standard InChI is InChI=1S/C37H52O5/c1-37(2,42-36-18-7-11-24-40-36)21-8-3-4-13-29-14-12-15-30(25-29)19-20-31-26-32(34-16-5-9-22-38-34)28-33(27-31)41-35-17-6-10-23-39-35/h12,14-15,19-20,25-28,34-36H,3-11,13,16-18,21-24H2,1-2H3. The van der Waals surface area contributed by atoms with E-state index in [4.69, 9.17) is 23.7 Å². The molecule has 5 heteroatoms. The van der Waals surface area contributed by atoms with Gasteiger partial charge in [-0.3, -0.25) is 0 Å². The lowest BCUT2D eigenvalue weighted by Crippen LogP contribution is -2.34. The van der Waals surface area contributed by atoms with E-state index in [1.165, 1.54) is 48.8 Å². The van der Waals surface area contributed by atoms with Gasteiger partial charge >= 0.3 is 0 Å². The number of hydrogen-bond donors (Lipinski definition) is 0. The van der Waals surface area contributed by atoms with Crippen molar-refractivity contribution in [2.45, 2.75) is 128 Å². The van der Waals surface area contributed by atoms with Crippen LogP contribution in [-0.4, -0.2) is 38.0 Å². The summed E-state index contributed by atoms with van der Waals surface area (Å²) in [7, 11) is 0. The topological polar surface area (TPSA) is 46.2 Å². The molecule has 230 valence electrons. The van der Waals surface area contributed by atoms with Crippen LogP contribution < -0.4 is 4.74 Å². The third-order valence-electron chi connectivity index (χ3n) is 8.66. The smallest absolute Gasteiger partial charge is 0.199 e. The second kappa shape index (κ2) is 16.0. The Morgan fingerprint density at radius 2 is 1.48 bits per heavy atom. The third-order valence-corrected chi connectivity index (χ3v) is 8.66. The van der Waals surface area contributed by atoms with E-state index in [0.29, 0.717) is 0 Å². The second-order valence-corrected chi connectivity index (χ2v) is 12.9. The zero-order valence-electron chi connectivity index (χ0n) is 26.0. The maximum absolute atomic E-state index is 6.30. The van der Waals surface area contributed by atoms with Crippen LogP contribution >= 0.6 is 0 Å². The molecule has 5 rings (SSSR count). The average molecular weight is 577 g/mol. The summed E-state index contributed by atoms with van der Waals surface area (Å²) in [5.74, 6) is 0.877. The number of unbranched alkanes of at least 4 members (excludes halogenated alkanes) is 2. The first-order valence-corrected chi connectivity index (χ1v) is 16.6. The van der Waals surface area contributed by atoms with Gasteiger partial charge in [0.25, 0.3) is 0 Å². The molecule has 0 aliphatic carbocycles. The van der Waals surface area contributed by atoms with Crippen LogP contribution in [-0.2, 0) is 25.4 Å². The quantitative estimate of drug-likeness (QED) is 0.176. The Balaban J connectivity index is 1.14. The molecule has 0 spiro atoms. The summed E-state index contributed by atoms with van der Waals surface area (Å²) in [6, 6.07) is 15.5. The molecule has 0 bridgehead atoms. The Morgan fingerprint density at radius 1 is 0.738 bits per heavy atom. The van der Waals surface area contributed by atoms with Crippen molar-refractivity contribution in [2.75, 3.05) is 19.8 Å². The summed E-state index contributed by atoms with van der Waals surface area (Å²) in [6.45, 7) is 6.86. The maximum atomic E-state index is 6.30. The van der Waals surface area contributed by atoms with E-state index in [0.717, 1.165) is 88.9 Å². The van der Waals surface area contributed by atoms with Crippen molar-refractivity contribution < 1.29 is 23.7 Å². The molecule has 0 radical (unpaired) electrons. The molecule has 3 saturated heterocycles. The van der Waals surface area contributed by atoms with E-state index in [1.54, 1.807) is 0 Å². The number of rotatable bonds is 13. The minimum Gasteiger partial charge on any atom is -0.465 e. The van der Waals surface area contributed by atoms with Crippen molar-refractivity contribution in [1.82, 2.24) is 0 Å². The number of ether oxygens (including phenoxy) is 5. The molecule has 3 unspecified atom stereocenters. The Morgan fingerprint density at radius 3 is 2.21 bits per heavy atom. The van der Waals surface area contributed by atoms with Gasteiger partial charge in [-0.2, -0.15) is 0 Å². The second-order valence-electron chi connectivity index (χ2n) is 12.9. The predicted molar refractivity (Wildman–Crippen MR) is 170 cm³/mol. The van der Waals surface area contributed by atoms with Crippen LogP contribution in [0, 0.1) is 0 Å². The fourth-order valence-electron chi connectivity index (χ4n) is 6.28. The highest BCUT2D eigenvalue weighted by molar-refractivity contribution is 5.71. The van der Waals surface area contributed by atoms with Crippen molar-refractivity contribution in [2.24, 2.45) is 0 Å². The lowest BCUT2D eigenvalue weighted by atomic mass is 9.97. The summed E-state index contributed by atoms with van der Waals surface area (Å²) in [4.78, 5) is 0. The summed E-state index contributed by atoms with van der Waals surface area (Å²) >= 11 is 0. The molecule has 3 aliphatic heterocycles. The predicted octanol–water partition coefficient (Wildman–Crippen LogP) is 9.43. The Kier molecular flexibility index (Phi) is 11.9. The van der Waals surface area contributed by atoms with Gasteiger partial charge in [0.05, 0.1) is 18.3 Å². The number of hydrogen-bond acceptors (Lipinski definition) is 5. The van der Waals surface area contributed by atoms with Gasteiger partial charge in [-0.15, -0.1) is 0 Å². The molecule has 42 heavy (non-hydrogen) atoms. The molecular formula is C37H52O5. The number of benzene rings is 2. The fraction of sp³-hybridized carbons (Fsp3) is 0.622. The van der Waals surface area contributed by atoms with Gasteiger partial charge < -0.3 is 23.7 Å². The van der Waals surface area contributed by atoms with E-state index in [1.807, 2.05) is 0 Å². The van der Waals surface area contributed by atoms with Crippen molar-refractivity contribution in [3.05, 3.63) is 64.7 Å². The molecule has 2 aromatic rings. The van der Waals surface area contributed by atoms with Crippen LogP contribution in [0.4, 0.5) is 0 Å². The van der Waals surface area contributed by atoms with Crippen molar-refractivity contribution in [3.63, 3.8) is 0 Å². The summed E-state index contributed by atoms with van der Waals surface area (Å²) < 4.78 is 30.3. The van der Waals surface area contributed by atoms with E-state index in [2.05, 4.69) is 68.5 Å². The Labute approximate surface area is 253 Å². The molecule has 0 aromatic heterocycles. The van der Waals surface area contributed by atoms with E-state index >= 15 is 0 Å². The van der Waals surface area contributed by atoms with Gasteiger partial charge in [-0.25, -0.2) is 0 Å². The van der Waals surface area contributed by atoms with Crippen LogP contribution in [0.5, 0.6) is 5.75 Å². The molecule has 3 heterocycles. The summed E-state index contributed by atoms with van der Waals surface area (Å²) in [5.41, 5.74) is 4.84. The van der Waals surface area contributed by atoms with Gasteiger partial charge in [0.2, 0.25) is 0 Å². The minimum atomic E-state index is -0.153. The van der Waals surface area contributed by atoms with Gasteiger partial charge in [0.1, 0.15) is 5.75 Å². The largest absolute Gasteiger partial charge is 0.465 e. The molecule has 3 fully saturated rings. The fourth-order valence-corrected chi connectivity index (χ4v) is 6.28. The molecule has 0 saturated carbocycles. The third kappa shape index (κ3) is 10.2. The first-order chi connectivity index (χ1) is 20.5. The van der Waals surface area contributed by atoms with Gasteiger partial charge in [-0.1, -0.05) is 49.3 Å². The highest BCUT2D eigenvalue weighted by Crippen LogP contribution is 2.33. The van der Waals surface area contributed by atoms with Crippen LogP contribution in [0.15, 0.2) is 42.5 Å². The van der Waals surface area contributed by atoms with E-state index in [-0.39, 0.29) is 24.3 Å². The Hall–Kier alpha value is -2.18. The lowest BCUT2D eigenvalue weighted by Gasteiger charge is -2.32. The van der Waals surface area contributed by atoms with Gasteiger partial charge in [0, 0.05) is 19.6 Å². The molecule has 0 N–H and O–H groups in total. The van der Waals surface area contributed by atoms with Gasteiger partial charge in [0.15, 0.2) is 12.6 Å². The maximum Gasteiger partial charge on any atom is 0.199 e. The van der Waals surface area contributed by atoms with Crippen LogP contribution in [0.3, 0.4) is 0 Å². The van der Waals surface area contributed by atoms with E-state index < -0.39 is 0 Å². The first kappa shape index (κ1) is 31.3. The zero-order valence-corrected chi connectivity index (χ0v) is 26.0. The Bertz CT molecular complexity index is 1110.